The first-order valence-electron chi connectivity index (χ1n) is 11.8. The minimum atomic E-state index is -0.908. The first kappa shape index (κ1) is 24.0. The van der Waals surface area contributed by atoms with E-state index in [4.69, 9.17) is 0 Å². The lowest BCUT2D eigenvalue weighted by Crippen LogP contribution is -2.04. The van der Waals surface area contributed by atoms with E-state index in [0.717, 1.165) is 31.3 Å². The van der Waals surface area contributed by atoms with Gasteiger partial charge in [-0.1, -0.05) is 74.0 Å². The standard InChI is InChI=1S/C30H28F4/c1-3-5-6-23-15-16-24(28(32)27(23)31)21-11-13-22(14-12-21)26-18-17-25(29(33)30(26)34)20-9-7-19(4-2)8-10-20/h4,9,11-19H,2-3,5-8,10H2,1H3. The topological polar surface area (TPSA) is 0 Å². The van der Waals surface area contributed by atoms with Crippen LogP contribution in [0.2, 0.25) is 0 Å². The van der Waals surface area contributed by atoms with Crippen molar-refractivity contribution in [3.8, 4) is 22.3 Å². The normalized spacial score (nSPS) is 15.8. The highest BCUT2D eigenvalue weighted by molar-refractivity contribution is 5.74. The van der Waals surface area contributed by atoms with Gasteiger partial charge in [0.2, 0.25) is 0 Å². The third kappa shape index (κ3) is 4.72. The van der Waals surface area contributed by atoms with Gasteiger partial charge in [-0.05, 0) is 60.3 Å². The van der Waals surface area contributed by atoms with Gasteiger partial charge in [0.05, 0.1) is 0 Å². The summed E-state index contributed by atoms with van der Waals surface area (Å²) >= 11 is 0. The molecule has 0 nitrogen and oxygen atoms in total. The fourth-order valence-electron chi connectivity index (χ4n) is 4.54. The number of hydrogen-bond acceptors (Lipinski definition) is 0. The summed E-state index contributed by atoms with van der Waals surface area (Å²) < 4.78 is 59.1. The highest BCUT2D eigenvalue weighted by Gasteiger charge is 2.20. The van der Waals surface area contributed by atoms with E-state index in [-0.39, 0.29) is 11.1 Å². The maximum absolute atomic E-state index is 15.0. The minimum Gasteiger partial charge on any atom is -0.203 e. The first-order valence-corrected chi connectivity index (χ1v) is 11.8. The number of hydrogen-bond donors (Lipinski definition) is 0. The molecule has 3 aromatic rings. The quantitative estimate of drug-likeness (QED) is 0.241. The second-order valence-electron chi connectivity index (χ2n) is 8.87. The number of benzene rings is 3. The van der Waals surface area contributed by atoms with Crippen LogP contribution in [0.4, 0.5) is 17.6 Å². The highest BCUT2D eigenvalue weighted by atomic mass is 19.2. The van der Waals surface area contributed by atoms with E-state index in [1.807, 2.05) is 19.1 Å². The first-order chi connectivity index (χ1) is 16.4. The number of halogens is 4. The second kappa shape index (κ2) is 10.4. The van der Waals surface area contributed by atoms with Crippen LogP contribution in [0.3, 0.4) is 0 Å². The summed E-state index contributed by atoms with van der Waals surface area (Å²) in [6.45, 7) is 5.80. The zero-order chi connectivity index (χ0) is 24.2. The highest BCUT2D eigenvalue weighted by Crippen LogP contribution is 2.36. The molecular formula is C30H28F4. The van der Waals surface area contributed by atoms with Gasteiger partial charge in [-0.25, -0.2) is 17.6 Å². The van der Waals surface area contributed by atoms with Gasteiger partial charge in [-0.15, -0.1) is 6.58 Å². The Labute approximate surface area is 198 Å². The molecule has 0 aliphatic heterocycles. The fourth-order valence-corrected chi connectivity index (χ4v) is 4.54. The molecule has 1 aliphatic carbocycles. The Balaban J connectivity index is 1.60. The average Bonchev–Trinajstić information content (AvgIpc) is 2.87. The van der Waals surface area contributed by atoms with Gasteiger partial charge in [0.15, 0.2) is 23.3 Å². The fraction of sp³-hybridized carbons (Fsp3) is 0.267. The molecule has 3 aromatic carbocycles. The molecule has 176 valence electrons. The Bertz CT molecular complexity index is 1220. The third-order valence-electron chi connectivity index (χ3n) is 6.68. The molecule has 0 radical (unpaired) electrons. The molecular weight excluding hydrogens is 436 g/mol. The molecule has 0 heterocycles. The van der Waals surface area contributed by atoms with Crippen molar-refractivity contribution < 1.29 is 17.6 Å². The smallest absolute Gasteiger partial charge is 0.167 e. The summed E-state index contributed by atoms with van der Waals surface area (Å²) in [6, 6.07) is 12.8. The van der Waals surface area contributed by atoms with E-state index in [9.17, 15) is 13.2 Å². The van der Waals surface area contributed by atoms with E-state index < -0.39 is 23.3 Å². The molecule has 4 rings (SSSR count). The predicted octanol–water partition coefficient (Wildman–Crippen LogP) is 9.29. The van der Waals surface area contributed by atoms with E-state index >= 15 is 4.39 Å². The lowest BCUT2D eigenvalue weighted by Gasteiger charge is -2.20. The SMILES string of the molecule is C=CC1CC=C(c2ccc(-c3ccc(-c4ccc(CCCC)c(F)c4F)cc3)c(F)c2F)CC1. The van der Waals surface area contributed by atoms with Crippen LogP contribution in [-0.2, 0) is 6.42 Å². The van der Waals surface area contributed by atoms with Crippen LogP contribution >= 0.6 is 0 Å². The van der Waals surface area contributed by atoms with Gasteiger partial charge in [0.25, 0.3) is 0 Å². The molecule has 0 aromatic heterocycles. The predicted molar refractivity (Wildman–Crippen MR) is 131 cm³/mol. The number of rotatable bonds is 7. The molecule has 0 bridgehead atoms. The molecule has 4 heteroatoms. The van der Waals surface area contributed by atoms with E-state index in [1.54, 1.807) is 48.5 Å². The monoisotopic (exact) mass is 464 g/mol. The van der Waals surface area contributed by atoms with Crippen LogP contribution in [0.15, 0.2) is 67.3 Å². The molecule has 34 heavy (non-hydrogen) atoms. The molecule has 0 N–H and O–H groups in total. The van der Waals surface area contributed by atoms with Gasteiger partial charge >= 0.3 is 0 Å². The number of unbranched alkanes of at least 4 members (excludes halogenated alkanes) is 1. The third-order valence-corrected chi connectivity index (χ3v) is 6.68. The summed E-state index contributed by atoms with van der Waals surface area (Å²) in [6.07, 6.45) is 8.37. The van der Waals surface area contributed by atoms with Crippen LogP contribution in [0.25, 0.3) is 27.8 Å². The van der Waals surface area contributed by atoms with Gasteiger partial charge in [0.1, 0.15) is 0 Å². The van der Waals surface area contributed by atoms with E-state index in [1.165, 1.54) is 0 Å². The summed E-state index contributed by atoms with van der Waals surface area (Å²) in [5.41, 5.74) is 2.70. The summed E-state index contributed by atoms with van der Waals surface area (Å²) in [5, 5.41) is 0. The summed E-state index contributed by atoms with van der Waals surface area (Å²) in [4.78, 5) is 0. The van der Waals surface area contributed by atoms with Crippen LogP contribution < -0.4 is 0 Å². The van der Waals surface area contributed by atoms with Crippen molar-refractivity contribution in [3.05, 3.63) is 102 Å². The molecule has 1 unspecified atom stereocenters. The maximum Gasteiger partial charge on any atom is 0.167 e. The van der Waals surface area contributed by atoms with Gasteiger partial charge in [-0.2, -0.15) is 0 Å². The number of aryl methyl sites for hydroxylation is 1. The van der Waals surface area contributed by atoms with E-state index in [2.05, 4.69) is 6.58 Å². The van der Waals surface area contributed by atoms with Crippen molar-refractivity contribution in [2.45, 2.75) is 45.4 Å². The zero-order valence-electron chi connectivity index (χ0n) is 19.3. The zero-order valence-corrected chi connectivity index (χ0v) is 19.3. The van der Waals surface area contributed by atoms with Gasteiger partial charge in [-0.3, -0.25) is 0 Å². The molecule has 0 saturated carbocycles. The maximum atomic E-state index is 15.0. The second-order valence-corrected chi connectivity index (χ2v) is 8.87. The van der Waals surface area contributed by atoms with Gasteiger partial charge < -0.3 is 0 Å². The van der Waals surface area contributed by atoms with Crippen molar-refractivity contribution in [2.24, 2.45) is 5.92 Å². The van der Waals surface area contributed by atoms with E-state index in [0.29, 0.717) is 41.0 Å². The molecule has 0 fully saturated rings. The van der Waals surface area contributed by atoms with Crippen LogP contribution in [0.1, 0.15) is 50.2 Å². The Kier molecular flexibility index (Phi) is 7.35. The van der Waals surface area contributed by atoms with Crippen molar-refractivity contribution in [2.75, 3.05) is 0 Å². The molecule has 0 spiro atoms. The van der Waals surface area contributed by atoms with Crippen LogP contribution in [0, 0.1) is 29.2 Å². The largest absolute Gasteiger partial charge is 0.203 e. The van der Waals surface area contributed by atoms with Crippen molar-refractivity contribution in [1.82, 2.24) is 0 Å². The summed E-state index contributed by atoms with van der Waals surface area (Å²) in [5.74, 6) is -3.10. The lowest BCUT2D eigenvalue weighted by atomic mass is 9.86. The number of allylic oxidation sites excluding steroid dienone is 3. The van der Waals surface area contributed by atoms with Crippen molar-refractivity contribution in [3.63, 3.8) is 0 Å². The summed E-state index contributed by atoms with van der Waals surface area (Å²) in [7, 11) is 0. The Morgan fingerprint density at radius 1 is 0.794 bits per heavy atom. The Morgan fingerprint density at radius 2 is 1.35 bits per heavy atom. The lowest BCUT2D eigenvalue weighted by molar-refractivity contribution is 0.499. The van der Waals surface area contributed by atoms with Crippen molar-refractivity contribution in [1.29, 1.82) is 0 Å². The Hall–Kier alpha value is -3.14. The molecule has 1 aliphatic rings. The van der Waals surface area contributed by atoms with Crippen LogP contribution in [-0.4, -0.2) is 0 Å². The minimum absolute atomic E-state index is 0.134. The molecule has 0 saturated heterocycles. The Morgan fingerprint density at radius 3 is 1.91 bits per heavy atom. The van der Waals surface area contributed by atoms with Crippen LogP contribution in [0.5, 0.6) is 0 Å². The molecule has 0 amide bonds. The average molecular weight is 465 g/mol. The van der Waals surface area contributed by atoms with Crippen molar-refractivity contribution >= 4 is 5.57 Å². The molecule has 1 atom stereocenters. The van der Waals surface area contributed by atoms with Gasteiger partial charge in [0, 0.05) is 16.7 Å².